The van der Waals surface area contributed by atoms with Crippen LogP contribution >= 0.6 is 0 Å². The third kappa shape index (κ3) is 3.90. The highest BCUT2D eigenvalue weighted by Crippen LogP contribution is 2.61. The average molecular weight is 576 g/mol. The van der Waals surface area contributed by atoms with Crippen molar-refractivity contribution in [2.45, 2.75) is 11.8 Å². The lowest BCUT2D eigenvalue weighted by molar-refractivity contribution is -0.385. The number of halogens is 1. The largest absolute Gasteiger partial charge is 0.292 e. The number of hydrogen-bond acceptors (Lipinski definition) is 6. The summed E-state index contributed by atoms with van der Waals surface area (Å²) in [5.74, 6) is -6.23. The minimum Gasteiger partial charge on any atom is -0.292 e. The Morgan fingerprint density at radius 1 is 0.744 bits per heavy atom. The minimum atomic E-state index is -1.05. The van der Waals surface area contributed by atoms with E-state index < -0.39 is 70.1 Å². The molecular formula is C33H22FN3O6. The van der Waals surface area contributed by atoms with Gasteiger partial charge in [-0.1, -0.05) is 60.7 Å². The van der Waals surface area contributed by atoms with Crippen molar-refractivity contribution in [3.05, 3.63) is 146 Å². The third-order valence-electron chi connectivity index (χ3n) is 8.69. The van der Waals surface area contributed by atoms with E-state index in [0.29, 0.717) is 10.0 Å². The van der Waals surface area contributed by atoms with Gasteiger partial charge in [0.05, 0.1) is 16.8 Å². The molecule has 0 unspecified atom stereocenters. The van der Waals surface area contributed by atoms with E-state index in [9.17, 15) is 33.7 Å². The molecule has 9 nitrogen and oxygen atoms in total. The standard InChI is InChI=1S/C33H22FN3O6/c34-19-15-13-18(14-16-19)26(38)17-35(31(39)24-11-5-6-12-25(24)37(42)43)36-32(40)29-27-20-7-1-2-8-21(20)28(30(29)33(36)41)23-10-4-3-9-22(23)27/h1-16,27-30H,17H2/t27?,28?,29-,30-/m1/s1. The van der Waals surface area contributed by atoms with Crippen LogP contribution in [0, 0.1) is 27.8 Å². The van der Waals surface area contributed by atoms with E-state index in [2.05, 4.69) is 0 Å². The number of imide groups is 1. The van der Waals surface area contributed by atoms with Crippen molar-refractivity contribution < 1.29 is 28.5 Å². The van der Waals surface area contributed by atoms with Crippen LogP contribution in [-0.2, 0) is 9.59 Å². The minimum absolute atomic E-state index is 0.0400. The fraction of sp³-hybridized carbons (Fsp3) is 0.152. The molecule has 0 radical (unpaired) electrons. The smallest absolute Gasteiger partial charge is 0.282 e. The molecule has 8 rings (SSSR count). The molecule has 1 fully saturated rings. The van der Waals surface area contributed by atoms with Gasteiger partial charge in [0.1, 0.15) is 17.9 Å². The molecule has 3 aliphatic carbocycles. The Hall–Kier alpha value is -5.51. The molecule has 212 valence electrons. The maximum absolute atomic E-state index is 14.3. The van der Waals surface area contributed by atoms with Gasteiger partial charge in [0.15, 0.2) is 5.78 Å². The van der Waals surface area contributed by atoms with E-state index >= 15 is 0 Å². The summed E-state index contributed by atoms with van der Waals surface area (Å²) in [4.78, 5) is 67.2. The zero-order valence-corrected chi connectivity index (χ0v) is 22.4. The van der Waals surface area contributed by atoms with Gasteiger partial charge in [-0.3, -0.25) is 29.3 Å². The molecule has 2 bridgehead atoms. The fourth-order valence-electron chi connectivity index (χ4n) is 6.95. The van der Waals surface area contributed by atoms with Crippen LogP contribution in [0.2, 0.25) is 0 Å². The van der Waals surface area contributed by atoms with Crippen molar-refractivity contribution in [1.82, 2.24) is 10.0 Å². The normalized spacial score (nSPS) is 21.2. The molecule has 0 saturated carbocycles. The van der Waals surface area contributed by atoms with Gasteiger partial charge in [0.2, 0.25) is 0 Å². The summed E-state index contributed by atoms with van der Waals surface area (Å²) >= 11 is 0. The molecule has 2 atom stereocenters. The summed E-state index contributed by atoms with van der Waals surface area (Å²) in [5.41, 5.74) is 2.82. The average Bonchev–Trinajstić information content (AvgIpc) is 3.29. The second-order valence-electron chi connectivity index (χ2n) is 10.8. The Kier molecular flexibility index (Phi) is 6.01. The summed E-state index contributed by atoms with van der Waals surface area (Å²) in [6.45, 7) is -0.775. The lowest BCUT2D eigenvalue weighted by atomic mass is 9.55. The number of ketones is 1. The number of Topliss-reactive ketones (excluding diaryl/α,β-unsaturated/α-hetero) is 1. The first kappa shape index (κ1) is 26.4. The third-order valence-corrected chi connectivity index (χ3v) is 8.69. The molecule has 3 amide bonds. The monoisotopic (exact) mass is 575 g/mol. The second kappa shape index (κ2) is 9.80. The fourth-order valence-corrected chi connectivity index (χ4v) is 6.95. The predicted octanol–water partition coefficient (Wildman–Crippen LogP) is 4.87. The number of carbonyl (C=O) groups excluding carboxylic acids is 4. The van der Waals surface area contributed by atoms with Crippen molar-refractivity contribution >= 4 is 29.2 Å². The number of rotatable bonds is 6. The molecule has 4 aromatic rings. The van der Waals surface area contributed by atoms with Crippen LogP contribution in [0.15, 0.2) is 97.1 Å². The number of nitrogens with zero attached hydrogens (tertiary/aromatic N) is 3. The van der Waals surface area contributed by atoms with Crippen molar-refractivity contribution in [3.63, 3.8) is 0 Å². The quantitative estimate of drug-likeness (QED) is 0.140. The molecule has 1 saturated heterocycles. The van der Waals surface area contributed by atoms with Crippen LogP contribution in [0.5, 0.6) is 0 Å². The Morgan fingerprint density at radius 3 is 1.70 bits per heavy atom. The van der Waals surface area contributed by atoms with E-state index in [1.54, 1.807) is 0 Å². The number of para-hydroxylation sites is 1. The molecule has 1 aliphatic heterocycles. The van der Waals surface area contributed by atoms with Gasteiger partial charge in [-0.2, -0.15) is 5.01 Å². The van der Waals surface area contributed by atoms with Crippen molar-refractivity contribution in [3.8, 4) is 0 Å². The van der Waals surface area contributed by atoms with Crippen LogP contribution in [0.25, 0.3) is 0 Å². The van der Waals surface area contributed by atoms with Crippen LogP contribution in [0.1, 0.15) is 54.8 Å². The van der Waals surface area contributed by atoms with Crippen LogP contribution in [0.4, 0.5) is 10.1 Å². The highest BCUT2D eigenvalue weighted by molar-refractivity contribution is 6.11. The van der Waals surface area contributed by atoms with E-state index in [1.807, 2.05) is 48.5 Å². The van der Waals surface area contributed by atoms with E-state index in [1.165, 1.54) is 30.3 Å². The predicted molar refractivity (Wildman–Crippen MR) is 150 cm³/mol. The zero-order valence-electron chi connectivity index (χ0n) is 22.4. The topological polar surface area (TPSA) is 118 Å². The summed E-state index contributed by atoms with van der Waals surface area (Å²) in [7, 11) is 0. The molecule has 0 spiro atoms. The number of hydrogen-bond donors (Lipinski definition) is 0. The van der Waals surface area contributed by atoms with E-state index in [0.717, 1.165) is 40.5 Å². The number of hydrazine groups is 1. The molecule has 1 heterocycles. The summed E-state index contributed by atoms with van der Waals surface area (Å²) < 4.78 is 13.6. The summed E-state index contributed by atoms with van der Waals surface area (Å²) in [6.07, 6.45) is 0. The lowest BCUT2D eigenvalue weighted by Gasteiger charge is -2.45. The maximum atomic E-state index is 14.3. The molecule has 43 heavy (non-hydrogen) atoms. The Morgan fingerprint density at radius 2 is 1.21 bits per heavy atom. The summed E-state index contributed by atoms with van der Waals surface area (Å²) in [5, 5.41) is 13.2. The maximum Gasteiger partial charge on any atom is 0.282 e. The highest BCUT2D eigenvalue weighted by Gasteiger charge is 2.63. The van der Waals surface area contributed by atoms with Crippen molar-refractivity contribution in [2.75, 3.05) is 6.54 Å². The summed E-state index contributed by atoms with van der Waals surface area (Å²) in [6, 6.07) is 25.0. The van der Waals surface area contributed by atoms with Gasteiger partial charge in [0.25, 0.3) is 23.4 Å². The number of benzene rings is 4. The molecule has 0 aromatic heterocycles. The second-order valence-corrected chi connectivity index (χ2v) is 10.8. The highest BCUT2D eigenvalue weighted by atomic mass is 19.1. The molecule has 4 aliphatic rings. The molecule has 0 N–H and O–H groups in total. The van der Waals surface area contributed by atoms with Gasteiger partial charge in [-0.25, -0.2) is 9.40 Å². The van der Waals surface area contributed by atoms with Crippen LogP contribution in [0.3, 0.4) is 0 Å². The van der Waals surface area contributed by atoms with E-state index in [4.69, 9.17) is 0 Å². The van der Waals surface area contributed by atoms with Crippen molar-refractivity contribution in [1.29, 1.82) is 0 Å². The van der Waals surface area contributed by atoms with Crippen molar-refractivity contribution in [2.24, 2.45) is 11.8 Å². The molecule has 4 aromatic carbocycles. The Balaban J connectivity index is 1.35. The number of nitro groups is 1. The van der Waals surface area contributed by atoms with Gasteiger partial charge in [-0.05, 0) is 52.6 Å². The van der Waals surface area contributed by atoms with Gasteiger partial charge in [0, 0.05) is 23.5 Å². The van der Waals surface area contributed by atoms with E-state index in [-0.39, 0.29) is 11.1 Å². The van der Waals surface area contributed by atoms with Crippen LogP contribution in [-0.4, -0.2) is 45.0 Å². The first-order valence-electron chi connectivity index (χ1n) is 13.7. The Bertz CT molecular complexity index is 1760. The lowest BCUT2D eigenvalue weighted by Crippen LogP contribution is -2.52. The first-order chi connectivity index (χ1) is 20.8. The van der Waals surface area contributed by atoms with Gasteiger partial charge < -0.3 is 0 Å². The van der Waals surface area contributed by atoms with Gasteiger partial charge >= 0.3 is 0 Å². The zero-order chi connectivity index (χ0) is 30.0. The number of nitro benzene ring substituents is 1. The number of amides is 3. The number of carbonyl (C=O) groups is 4. The first-order valence-corrected chi connectivity index (χ1v) is 13.7. The Labute approximate surface area is 244 Å². The molecule has 10 heteroatoms. The molecular weight excluding hydrogens is 553 g/mol. The van der Waals surface area contributed by atoms with Crippen LogP contribution < -0.4 is 0 Å². The van der Waals surface area contributed by atoms with Gasteiger partial charge in [-0.15, -0.1) is 0 Å². The SMILES string of the molecule is O=C(CN(C(=O)c1ccccc1[N+](=O)[O-])N1C(=O)[C@@H]2C3c4ccccc4C(c4ccccc43)[C@H]2C1=O)c1ccc(F)cc1.